The zero-order valence-electron chi connectivity index (χ0n) is 13.9. The SMILES string of the molecule is Cc1nc(Cl)cc(Nc2ncc(C(=O)Nc3c(C)cccc3C)s2)n1. The standard InChI is InChI=1S/C17H16ClN5OS/c1-9-5-4-6-10(2)15(9)23-16(24)12-8-19-17(25-12)22-14-7-13(18)20-11(3)21-14/h4-8H,1-3H3,(H,23,24)(H,19,20,21,22). The third-order valence-corrected chi connectivity index (χ3v) is 4.60. The van der Waals surface area contributed by atoms with Crippen LogP contribution in [0.25, 0.3) is 0 Å². The van der Waals surface area contributed by atoms with E-state index in [0.29, 0.717) is 26.8 Å². The normalized spacial score (nSPS) is 10.6. The van der Waals surface area contributed by atoms with Gasteiger partial charge in [0.2, 0.25) is 0 Å². The van der Waals surface area contributed by atoms with Gasteiger partial charge in [-0.2, -0.15) is 0 Å². The minimum atomic E-state index is -0.195. The zero-order chi connectivity index (χ0) is 18.0. The van der Waals surface area contributed by atoms with E-state index in [1.807, 2.05) is 32.0 Å². The number of hydrogen-bond acceptors (Lipinski definition) is 6. The highest BCUT2D eigenvalue weighted by molar-refractivity contribution is 7.17. The van der Waals surface area contributed by atoms with Crippen molar-refractivity contribution in [2.75, 3.05) is 10.6 Å². The average molecular weight is 374 g/mol. The van der Waals surface area contributed by atoms with Crippen LogP contribution in [0.1, 0.15) is 26.6 Å². The molecule has 0 saturated carbocycles. The predicted octanol–water partition coefficient (Wildman–Crippen LogP) is 4.51. The molecule has 2 N–H and O–H groups in total. The molecule has 0 bridgehead atoms. The maximum atomic E-state index is 12.5. The number of carbonyl (C=O) groups excluding carboxylic acids is 1. The molecule has 2 aromatic heterocycles. The second-order valence-corrected chi connectivity index (χ2v) is 6.92. The molecule has 0 radical (unpaired) electrons. The van der Waals surface area contributed by atoms with Gasteiger partial charge in [0.25, 0.3) is 5.91 Å². The largest absolute Gasteiger partial charge is 0.321 e. The predicted molar refractivity (Wildman–Crippen MR) is 101 cm³/mol. The van der Waals surface area contributed by atoms with E-state index in [9.17, 15) is 4.79 Å². The number of thiazole rings is 1. The Hall–Kier alpha value is -2.51. The van der Waals surface area contributed by atoms with E-state index in [2.05, 4.69) is 25.6 Å². The van der Waals surface area contributed by atoms with Crippen LogP contribution in [0.4, 0.5) is 16.6 Å². The molecule has 3 rings (SSSR count). The summed E-state index contributed by atoms with van der Waals surface area (Å²) >= 11 is 7.16. The van der Waals surface area contributed by atoms with Gasteiger partial charge in [0.15, 0.2) is 5.13 Å². The number of anilines is 3. The maximum Gasteiger partial charge on any atom is 0.267 e. The van der Waals surface area contributed by atoms with E-state index in [4.69, 9.17) is 11.6 Å². The summed E-state index contributed by atoms with van der Waals surface area (Å²) in [6.07, 6.45) is 1.53. The van der Waals surface area contributed by atoms with Crippen LogP contribution in [0.5, 0.6) is 0 Å². The van der Waals surface area contributed by atoms with Crippen LogP contribution in [0.3, 0.4) is 0 Å². The number of carbonyl (C=O) groups is 1. The minimum absolute atomic E-state index is 0.195. The van der Waals surface area contributed by atoms with E-state index in [1.165, 1.54) is 17.5 Å². The van der Waals surface area contributed by atoms with Gasteiger partial charge in [0, 0.05) is 11.8 Å². The summed E-state index contributed by atoms with van der Waals surface area (Å²) in [6.45, 7) is 5.68. The number of benzene rings is 1. The van der Waals surface area contributed by atoms with Crippen LogP contribution in [0.2, 0.25) is 5.15 Å². The average Bonchev–Trinajstić information content (AvgIpc) is 2.98. The van der Waals surface area contributed by atoms with E-state index < -0.39 is 0 Å². The Bertz CT molecular complexity index is 900. The van der Waals surface area contributed by atoms with Crippen LogP contribution in [-0.2, 0) is 0 Å². The van der Waals surface area contributed by atoms with Gasteiger partial charge in [-0.15, -0.1) is 0 Å². The van der Waals surface area contributed by atoms with E-state index in [-0.39, 0.29) is 5.91 Å². The summed E-state index contributed by atoms with van der Waals surface area (Å²) in [4.78, 5) is 25.4. The first-order valence-corrected chi connectivity index (χ1v) is 8.73. The number of para-hydroxylation sites is 1. The zero-order valence-corrected chi connectivity index (χ0v) is 15.5. The molecule has 3 aromatic rings. The lowest BCUT2D eigenvalue weighted by Crippen LogP contribution is -2.12. The highest BCUT2D eigenvalue weighted by Crippen LogP contribution is 2.25. The van der Waals surface area contributed by atoms with Crippen molar-refractivity contribution in [1.29, 1.82) is 0 Å². The number of hydrogen-bond donors (Lipinski definition) is 2. The highest BCUT2D eigenvalue weighted by atomic mass is 35.5. The lowest BCUT2D eigenvalue weighted by molar-refractivity contribution is 0.103. The van der Waals surface area contributed by atoms with E-state index in [1.54, 1.807) is 13.0 Å². The second kappa shape index (κ2) is 7.16. The monoisotopic (exact) mass is 373 g/mol. The molecule has 1 amide bonds. The lowest BCUT2D eigenvalue weighted by atomic mass is 10.1. The van der Waals surface area contributed by atoms with Crippen molar-refractivity contribution in [2.24, 2.45) is 0 Å². The maximum absolute atomic E-state index is 12.5. The van der Waals surface area contributed by atoms with Gasteiger partial charge in [0.05, 0.1) is 6.20 Å². The van der Waals surface area contributed by atoms with Gasteiger partial charge in [-0.25, -0.2) is 15.0 Å². The van der Waals surface area contributed by atoms with Crippen LogP contribution < -0.4 is 10.6 Å². The molecule has 0 atom stereocenters. The quantitative estimate of drug-likeness (QED) is 0.658. The van der Waals surface area contributed by atoms with Crippen LogP contribution >= 0.6 is 22.9 Å². The number of halogens is 1. The molecule has 0 fully saturated rings. The summed E-state index contributed by atoms with van der Waals surface area (Å²) in [5.41, 5.74) is 2.86. The van der Waals surface area contributed by atoms with Gasteiger partial charge < -0.3 is 10.6 Å². The lowest BCUT2D eigenvalue weighted by Gasteiger charge is -2.10. The Morgan fingerprint density at radius 2 is 1.88 bits per heavy atom. The third-order valence-electron chi connectivity index (χ3n) is 3.49. The van der Waals surface area contributed by atoms with E-state index >= 15 is 0 Å². The van der Waals surface area contributed by atoms with Crippen molar-refractivity contribution in [1.82, 2.24) is 15.0 Å². The minimum Gasteiger partial charge on any atom is -0.321 e. The first-order chi connectivity index (χ1) is 11.9. The summed E-state index contributed by atoms with van der Waals surface area (Å²) in [7, 11) is 0. The molecule has 1 aromatic carbocycles. The van der Waals surface area contributed by atoms with Crippen LogP contribution in [-0.4, -0.2) is 20.9 Å². The highest BCUT2D eigenvalue weighted by Gasteiger charge is 2.14. The fourth-order valence-electron chi connectivity index (χ4n) is 2.33. The Balaban J connectivity index is 1.75. The van der Waals surface area contributed by atoms with Crippen molar-refractivity contribution in [3.63, 3.8) is 0 Å². The molecule has 25 heavy (non-hydrogen) atoms. The van der Waals surface area contributed by atoms with Crippen molar-refractivity contribution in [3.05, 3.63) is 57.4 Å². The number of aryl methyl sites for hydroxylation is 3. The Morgan fingerprint density at radius 3 is 2.56 bits per heavy atom. The summed E-state index contributed by atoms with van der Waals surface area (Å²) in [5, 5.41) is 6.89. The van der Waals surface area contributed by atoms with Crippen molar-refractivity contribution >= 4 is 45.5 Å². The van der Waals surface area contributed by atoms with E-state index in [0.717, 1.165) is 16.8 Å². The summed E-state index contributed by atoms with van der Waals surface area (Å²) in [6, 6.07) is 7.49. The third kappa shape index (κ3) is 4.12. The first-order valence-electron chi connectivity index (χ1n) is 7.54. The number of aromatic nitrogens is 3. The number of nitrogens with one attached hydrogen (secondary N) is 2. The molecule has 2 heterocycles. The summed E-state index contributed by atoms with van der Waals surface area (Å²) < 4.78 is 0. The molecule has 128 valence electrons. The van der Waals surface area contributed by atoms with Gasteiger partial charge in [-0.1, -0.05) is 41.1 Å². The van der Waals surface area contributed by atoms with Gasteiger partial charge in [-0.3, -0.25) is 4.79 Å². The molecule has 0 aliphatic heterocycles. The fourth-order valence-corrected chi connectivity index (χ4v) is 3.27. The molecule has 0 aliphatic carbocycles. The summed E-state index contributed by atoms with van der Waals surface area (Å²) in [5.74, 6) is 0.896. The molecular formula is C17H16ClN5OS. The van der Waals surface area contributed by atoms with Crippen molar-refractivity contribution < 1.29 is 4.79 Å². The number of amides is 1. The molecule has 0 unspecified atom stereocenters. The van der Waals surface area contributed by atoms with Gasteiger partial charge in [0.1, 0.15) is 21.7 Å². The smallest absolute Gasteiger partial charge is 0.267 e. The second-order valence-electron chi connectivity index (χ2n) is 5.50. The Kier molecular flexibility index (Phi) is 4.96. The molecule has 0 aliphatic rings. The van der Waals surface area contributed by atoms with Crippen LogP contribution in [0.15, 0.2) is 30.5 Å². The number of nitrogens with zero attached hydrogens (tertiary/aromatic N) is 3. The van der Waals surface area contributed by atoms with Gasteiger partial charge >= 0.3 is 0 Å². The molecule has 0 spiro atoms. The molecule has 6 nitrogen and oxygen atoms in total. The van der Waals surface area contributed by atoms with Crippen molar-refractivity contribution in [2.45, 2.75) is 20.8 Å². The van der Waals surface area contributed by atoms with Crippen molar-refractivity contribution in [3.8, 4) is 0 Å². The Labute approximate surface area is 154 Å². The molecule has 8 heteroatoms. The van der Waals surface area contributed by atoms with Crippen LogP contribution in [0, 0.1) is 20.8 Å². The topological polar surface area (TPSA) is 79.8 Å². The Morgan fingerprint density at radius 1 is 1.16 bits per heavy atom. The van der Waals surface area contributed by atoms with Gasteiger partial charge in [-0.05, 0) is 31.9 Å². The molecule has 0 saturated heterocycles. The molecular weight excluding hydrogens is 358 g/mol. The fraction of sp³-hybridized carbons (Fsp3) is 0.176. The number of rotatable bonds is 4. The first kappa shape index (κ1) is 17.3.